The minimum absolute atomic E-state index is 0. The molecule has 3 radical (unpaired) electrons. The number of benzene rings is 6. The summed E-state index contributed by atoms with van der Waals surface area (Å²) >= 11 is 0. The van der Waals surface area contributed by atoms with Crippen molar-refractivity contribution in [1.29, 1.82) is 0 Å². The Balaban J connectivity index is 0.000000659. The van der Waals surface area contributed by atoms with E-state index in [4.69, 9.17) is 13.3 Å². The number of rotatable bonds is 18. The van der Waals surface area contributed by atoms with Crippen molar-refractivity contribution in [3.63, 3.8) is 0 Å². The maximum Gasteiger partial charge on any atom is 0.573 e. The van der Waals surface area contributed by atoms with Gasteiger partial charge in [-0.1, -0.05) is 130 Å². The van der Waals surface area contributed by atoms with E-state index < -0.39 is 48.3 Å². The maximum atomic E-state index is 12.5. The fourth-order valence-electron chi connectivity index (χ4n) is 7.38. The summed E-state index contributed by atoms with van der Waals surface area (Å²) in [6.07, 6.45) is -11.6. The van der Waals surface area contributed by atoms with Crippen LogP contribution in [0.2, 0.25) is 0 Å². The van der Waals surface area contributed by atoms with E-state index in [0.717, 1.165) is 48.7 Å². The minimum Gasteiger partial charge on any atom is -0.406 e. The number of anilines is 3. The van der Waals surface area contributed by atoms with Crippen molar-refractivity contribution in [2.24, 2.45) is 0 Å². The van der Waals surface area contributed by atoms with E-state index in [-0.39, 0.29) is 175 Å². The number of carbonyl (C=O) groups excluding carboxylic acids is 3. The van der Waals surface area contributed by atoms with Gasteiger partial charge in [-0.15, -0.1) is 54.8 Å². The topological polar surface area (TPSA) is 232 Å². The number of hydrogen-bond donors (Lipinski definition) is 3. The molecule has 9 aromatic rings. The Hall–Kier alpha value is -6.77. The van der Waals surface area contributed by atoms with E-state index >= 15 is 0 Å². The van der Waals surface area contributed by atoms with Crippen LogP contribution in [0, 0.1) is 20.8 Å². The van der Waals surface area contributed by atoms with Gasteiger partial charge in [0, 0.05) is 132 Å². The predicted molar refractivity (Wildman–Crippen MR) is 318 cm³/mol. The number of halogens is 9. The van der Waals surface area contributed by atoms with Crippen LogP contribution in [0.3, 0.4) is 0 Å². The monoisotopic (exact) mass is 1530 g/mol. The van der Waals surface area contributed by atoms with Gasteiger partial charge in [-0.3, -0.25) is 30.3 Å². The zero-order valence-electron chi connectivity index (χ0n) is 51.2. The van der Waals surface area contributed by atoms with Gasteiger partial charge in [-0.2, -0.15) is 19.3 Å². The average molecular weight is 1530 g/mol. The number of amides is 3. The molecular weight excluding hydrogens is 1460 g/mol. The number of alkyl halides is 9. The van der Waals surface area contributed by atoms with Gasteiger partial charge in [-0.05, 0) is 108 Å². The molecule has 93 heavy (non-hydrogen) atoms. The second-order valence-corrected chi connectivity index (χ2v) is 17.1. The summed E-state index contributed by atoms with van der Waals surface area (Å²) in [7, 11) is 0. The summed E-state index contributed by atoms with van der Waals surface area (Å²) in [5.41, 5.74) is 4.15. The molecule has 3 N–H and O–H groups in total. The predicted octanol–water partition coefficient (Wildman–Crippen LogP) is 17.0. The molecule has 3 amide bonds. The number of nitrogens with one attached hydrogen (secondary N) is 3. The van der Waals surface area contributed by atoms with Gasteiger partial charge in [0.25, 0.3) is 17.7 Å². The Morgan fingerprint density at radius 3 is 1.22 bits per heavy atom. The summed E-state index contributed by atoms with van der Waals surface area (Å²) in [5.74, 6) is -2.33. The third-order valence-electron chi connectivity index (χ3n) is 11.0. The number of nitrogens with zero attached hydrogens (tertiary/aromatic N) is 6. The van der Waals surface area contributed by atoms with Gasteiger partial charge in [-0.25, -0.2) is 0 Å². The van der Waals surface area contributed by atoms with Crippen LogP contribution in [0.15, 0.2) is 159 Å². The van der Waals surface area contributed by atoms with Crippen LogP contribution in [0.25, 0.3) is 34.4 Å². The molecule has 0 saturated heterocycles. The van der Waals surface area contributed by atoms with Gasteiger partial charge in [0.05, 0.1) is 0 Å². The van der Waals surface area contributed by atoms with Crippen molar-refractivity contribution < 1.29 is 179 Å². The van der Waals surface area contributed by atoms with E-state index in [1.807, 2.05) is 77.9 Å². The molecule has 9 rings (SSSR count). The number of hydrogen-bond acceptors (Lipinski definition) is 15. The van der Waals surface area contributed by atoms with Crippen LogP contribution in [0.1, 0.15) is 109 Å². The minimum atomic E-state index is -4.82. The molecule has 0 unspecified atom stereocenters. The van der Waals surface area contributed by atoms with E-state index in [1.165, 1.54) is 30.3 Å². The standard InChI is InChI=1S/3C19H15F3N3O3.3C2H6.3Y/c1-2-6-13-11-14(28-19(20,21)22)9-10-15(13)16(26)23-18-25-24-17(27-18)12-7-4-3-5-8-12;1-2-6-13-11-14(9-10-15(13)28-19(20,21)22)16(26)23-18-25-24-17(27-18)12-7-4-3-5-8-12;1-2-3-12-4-6-14(7-5-12)17-24-25-18(27-17)23-16(26)13-8-10-15(11-9-13)28-19(20,21)22;3*1-2;;;/h2*3-5,7-11H,1-2,6H2,(H,23,25,26);4-11H,1-3H2,(H,23,25,26);3*1-2H3;;;/q3*-1;;;;;;. The third kappa shape index (κ3) is 29.2. The molecule has 0 atom stereocenters. The van der Waals surface area contributed by atoms with Gasteiger partial charge in [0.15, 0.2) is 0 Å². The zero-order valence-corrected chi connectivity index (χ0v) is 59.7. The van der Waals surface area contributed by atoms with Crippen molar-refractivity contribution in [3.8, 4) is 51.6 Å². The normalized spacial score (nSPS) is 10.4. The summed E-state index contributed by atoms with van der Waals surface area (Å²) < 4.78 is 139. The van der Waals surface area contributed by atoms with Gasteiger partial charge in [0.1, 0.15) is 17.2 Å². The Labute approximate surface area is 606 Å². The molecule has 0 saturated carbocycles. The first-order valence-corrected chi connectivity index (χ1v) is 27.7. The molecule has 0 aliphatic carbocycles. The SMILES string of the molecule is CC.CC.CC.[CH2-]CCc1cc(C(=O)Nc2nnc(-c3ccccc3)o2)ccc1OC(F)(F)F.[CH2-]CCc1cc(OC(F)(F)F)ccc1C(=O)Nc1nnc(-c2ccccc2)o1.[CH2-]CCc1ccc(-c2nnc(NC(=O)c3ccc(OC(F)(F)F)cc3)o2)cc1.[Y].[Y].[Y]. The quantitative estimate of drug-likeness (QED) is 0.0536. The molecule has 0 bridgehead atoms. The average Bonchev–Trinajstić information content (AvgIpc) is 1.82. The van der Waals surface area contributed by atoms with Crippen LogP contribution < -0.4 is 30.2 Å². The molecule has 3 heterocycles. The Morgan fingerprint density at radius 1 is 0.409 bits per heavy atom. The molecule has 0 fully saturated rings. The van der Waals surface area contributed by atoms with E-state index in [2.05, 4.69) is 81.5 Å². The van der Waals surface area contributed by atoms with E-state index in [9.17, 15) is 53.9 Å². The summed E-state index contributed by atoms with van der Waals surface area (Å²) in [6, 6.07) is 36.6. The fourth-order valence-corrected chi connectivity index (χ4v) is 7.38. The smallest absolute Gasteiger partial charge is 0.406 e. The van der Waals surface area contributed by atoms with E-state index in [0.29, 0.717) is 35.1 Å². The van der Waals surface area contributed by atoms with Crippen LogP contribution in [-0.2, 0) is 117 Å². The van der Waals surface area contributed by atoms with E-state index in [1.54, 1.807) is 48.5 Å². The van der Waals surface area contributed by atoms with Gasteiger partial charge < -0.3 is 48.2 Å². The molecule has 3 aromatic heterocycles. The first kappa shape index (κ1) is 84.2. The van der Waals surface area contributed by atoms with Crippen molar-refractivity contribution in [3.05, 3.63) is 200 Å². The van der Waals surface area contributed by atoms with Crippen molar-refractivity contribution in [1.82, 2.24) is 30.6 Å². The largest absolute Gasteiger partial charge is 0.573 e. The first-order valence-electron chi connectivity index (χ1n) is 27.7. The Bertz CT molecular complexity index is 3620. The Morgan fingerprint density at radius 2 is 0.785 bits per heavy atom. The zero-order chi connectivity index (χ0) is 66.4. The van der Waals surface area contributed by atoms with Crippen molar-refractivity contribution in [2.45, 2.75) is 99.2 Å². The molecule has 0 aliphatic heterocycles. The molecule has 0 spiro atoms. The van der Waals surface area contributed by atoms with Crippen LogP contribution >= 0.6 is 0 Å². The molecule has 489 valence electrons. The third-order valence-corrected chi connectivity index (χ3v) is 11.0. The number of aryl methyl sites for hydroxylation is 3. The van der Waals surface area contributed by atoms with Gasteiger partial charge in [0.2, 0.25) is 17.7 Å². The summed E-state index contributed by atoms with van der Waals surface area (Å²) in [4.78, 5) is 37.1. The molecule has 0 aliphatic rings. The van der Waals surface area contributed by atoms with Crippen molar-refractivity contribution >= 4 is 35.8 Å². The second kappa shape index (κ2) is 42.5. The van der Waals surface area contributed by atoms with Crippen LogP contribution in [0.4, 0.5) is 57.6 Å². The van der Waals surface area contributed by atoms with Crippen LogP contribution in [-0.4, -0.2) is 67.4 Å². The molecular formula is C63H63F9N9O9Y3-3. The fraction of sp³-hybridized carbons (Fsp3) is 0.238. The number of ether oxygens (including phenoxy) is 3. The number of aromatic nitrogens is 6. The summed E-state index contributed by atoms with van der Waals surface area (Å²) in [5, 5.41) is 30.1. The Kier molecular flexibility index (Phi) is 38.5. The second-order valence-electron chi connectivity index (χ2n) is 17.1. The summed E-state index contributed by atoms with van der Waals surface area (Å²) in [6.45, 7) is 23.1. The molecule has 18 nitrogen and oxygen atoms in total. The molecule has 30 heteroatoms. The van der Waals surface area contributed by atoms with Gasteiger partial charge >= 0.3 is 37.1 Å². The van der Waals surface area contributed by atoms with Crippen LogP contribution in [0.5, 0.6) is 17.2 Å². The number of carbonyl (C=O) groups is 3. The maximum absolute atomic E-state index is 12.5. The first-order chi connectivity index (χ1) is 43.0. The van der Waals surface area contributed by atoms with Crippen molar-refractivity contribution in [2.75, 3.05) is 16.0 Å². The molecule has 6 aromatic carbocycles.